The van der Waals surface area contributed by atoms with Crippen molar-refractivity contribution in [2.75, 3.05) is 16.4 Å². The molecular formula is C16H16N2O2S. The Morgan fingerprint density at radius 1 is 0.905 bits per heavy atom. The van der Waals surface area contributed by atoms with Gasteiger partial charge in [0.2, 0.25) is 11.8 Å². The predicted octanol–water partition coefficient (Wildman–Crippen LogP) is 3.38. The topological polar surface area (TPSA) is 58.2 Å². The fourth-order valence-electron chi connectivity index (χ4n) is 1.74. The highest BCUT2D eigenvalue weighted by Gasteiger charge is 2.08. The maximum Gasteiger partial charge on any atom is 0.234 e. The standard InChI is InChI=1S/C16H16N2O2S/c1-12(19)17-14-9-5-6-10-15(14)18-16(20)11-21-13-7-3-2-4-8-13/h2-10H,11H2,1H3,(H,17,19)(H,18,20). The third-order valence-electron chi connectivity index (χ3n) is 2.62. The Labute approximate surface area is 127 Å². The summed E-state index contributed by atoms with van der Waals surface area (Å²) in [4.78, 5) is 24.2. The van der Waals surface area contributed by atoms with Gasteiger partial charge in [0.05, 0.1) is 17.1 Å². The van der Waals surface area contributed by atoms with E-state index in [1.54, 1.807) is 18.2 Å². The number of nitrogens with one attached hydrogen (secondary N) is 2. The van der Waals surface area contributed by atoms with Crippen LogP contribution in [-0.2, 0) is 9.59 Å². The van der Waals surface area contributed by atoms with Crippen LogP contribution in [0.5, 0.6) is 0 Å². The molecule has 0 heterocycles. The Bertz CT molecular complexity index is 629. The minimum atomic E-state index is -0.171. The summed E-state index contributed by atoms with van der Waals surface area (Å²) in [5, 5.41) is 5.50. The minimum Gasteiger partial charge on any atom is -0.325 e. The van der Waals surface area contributed by atoms with E-state index in [1.165, 1.54) is 18.7 Å². The van der Waals surface area contributed by atoms with Crippen LogP contribution in [0.15, 0.2) is 59.5 Å². The largest absolute Gasteiger partial charge is 0.325 e. The molecule has 0 aliphatic heterocycles. The lowest BCUT2D eigenvalue weighted by molar-refractivity contribution is -0.115. The molecule has 0 radical (unpaired) electrons. The summed E-state index contributed by atoms with van der Waals surface area (Å²) in [5.74, 6) is 0.0373. The number of anilines is 2. The van der Waals surface area contributed by atoms with Crippen LogP contribution in [0, 0.1) is 0 Å². The summed E-state index contributed by atoms with van der Waals surface area (Å²) in [6.07, 6.45) is 0. The molecule has 0 bridgehead atoms. The molecule has 2 amide bonds. The molecular weight excluding hydrogens is 284 g/mol. The monoisotopic (exact) mass is 300 g/mol. The van der Waals surface area contributed by atoms with Gasteiger partial charge in [-0.3, -0.25) is 9.59 Å². The first-order valence-electron chi connectivity index (χ1n) is 6.49. The summed E-state index contributed by atoms with van der Waals surface area (Å²) in [7, 11) is 0. The zero-order valence-electron chi connectivity index (χ0n) is 11.6. The first kappa shape index (κ1) is 15.1. The second-order valence-electron chi connectivity index (χ2n) is 4.38. The number of carbonyl (C=O) groups excluding carboxylic acids is 2. The molecule has 108 valence electrons. The van der Waals surface area contributed by atoms with E-state index in [1.807, 2.05) is 36.4 Å². The van der Waals surface area contributed by atoms with E-state index in [4.69, 9.17) is 0 Å². The maximum absolute atomic E-state index is 12.0. The number of carbonyl (C=O) groups is 2. The summed E-state index contributed by atoms with van der Waals surface area (Å²) in [6, 6.07) is 16.9. The summed E-state index contributed by atoms with van der Waals surface area (Å²) in [6.45, 7) is 1.43. The Hall–Kier alpha value is -2.27. The van der Waals surface area contributed by atoms with Gasteiger partial charge in [0.15, 0.2) is 0 Å². The molecule has 5 heteroatoms. The number of para-hydroxylation sites is 2. The van der Waals surface area contributed by atoms with Crippen molar-refractivity contribution in [1.82, 2.24) is 0 Å². The number of hydrogen-bond donors (Lipinski definition) is 2. The molecule has 2 aromatic carbocycles. The Kier molecular flexibility index (Phi) is 5.40. The molecule has 21 heavy (non-hydrogen) atoms. The summed E-state index contributed by atoms with van der Waals surface area (Å²) < 4.78 is 0. The molecule has 0 atom stereocenters. The second-order valence-corrected chi connectivity index (χ2v) is 5.43. The number of hydrogen-bond acceptors (Lipinski definition) is 3. The van der Waals surface area contributed by atoms with E-state index in [0.29, 0.717) is 17.1 Å². The fourth-order valence-corrected chi connectivity index (χ4v) is 2.46. The highest BCUT2D eigenvalue weighted by atomic mass is 32.2. The van der Waals surface area contributed by atoms with Gasteiger partial charge in [0, 0.05) is 11.8 Å². The lowest BCUT2D eigenvalue weighted by Gasteiger charge is -2.11. The molecule has 0 unspecified atom stereocenters. The van der Waals surface area contributed by atoms with Crippen molar-refractivity contribution >= 4 is 35.0 Å². The Balaban J connectivity index is 1.95. The predicted molar refractivity (Wildman–Crippen MR) is 86.5 cm³/mol. The third kappa shape index (κ3) is 4.96. The van der Waals surface area contributed by atoms with Crippen molar-refractivity contribution in [3.8, 4) is 0 Å². The molecule has 0 saturated heterocycles. The van der Waals surface area contributed by atoms with E-state index in [9.17, 15) is 9.59 Å². The van der Waals surface area contributed by atoms with Gasteiger partial charge in [-0.1, -0.05) is 30.3 Å². The average molecular weight is 300 g/mol. The smallest absolute Gasteiger partial charge is 0.234 e. The number of thioether (sulfide) groups is 1. The van der Waals surface area contributed by atoms with Crippen LogP contribution in [0.3, 0.4) is 0 Å². The van der Waals surface area contributed by atoms with Gasteiger partial charge in [-0.05, 0) is 24.3 Å². The van der Waals surface area contributed by atoms with E-state index < -0.39 is 0 Å². The lowest BCUT2D eigenvalue weighted by Crippen LogP contribution is -2.16. The minimum absolute atomic E-state index is 0.110. The van der Waals surface area contributed by atoms with E-state index in [0.717, 1.165) is 4.90 Å². The summed E-state index contributed by atoms with van der Waals surface area (Å²) in [5.41, 5.74) is 1.20. The highest BCUT2D eigenvalue weighted by molar-refractivity contribution is 8.00. The zero-order chi connectivity index (χ0) is 15.1. The van der Waals surface area contributed by atoms with Gasteiger partial charge in [0.1, 0.15) is 0 Å². The van der Waals surface area contributed by atoms with Gasteiger partial charge in [-0.25, -0.2) is 0 Å². The number of rotatable bonds is 5. The van der Waals surface area contributed by atoms with Gasteiger partial charge in [0.25, 0.3) is 0 Å². The van der Waals surface area contributed by atoms with Crippen LogP contribution in [0.1, 0.15) is 6.92 Å². The molecule has 0 fully saturated rings. The zero-order valence-corrected chi connectivity index (χ0v) is 12.4. The van der Waals surface area contributed by atoms with E-state index >= 15 is 0 Å². The van der Waals surface area contributed by atoms with Crippen molar-refractivity contribution < 1.29 is 9.59 Å². The van der Waals surface area contributed by atoms with Crippen LogP contribution in [0.2, 0.25) is 0 Å². The van der Waals surface area contributed by atoms with E-state index in [2.05, 4.69) is 10.6 Å². The molecule has 0 aliphatic rings. The van der Waals surface area contributed by atoms with Crippen molar-refractivity contribution in [2.45, 2.75) is 11.8 Å². The van der Waals surface area contributed by atoms with Crippen molar-refractivity contribution in [1.29, 1.82) is 0 Å². The van der Waals surface area contributed by atoms with Gasteiger partial charge in [-0.15, -0.1) is 11.8 Å². The van der Waals surface area contributed by atoms with Crippen LogP contribution in [-0.4, -0.2) is 17.6 Å². The first-order valence-corrected chi connectivity index (χ1v) is 7.48. The average Bonchev–Trinajstić information content (AvgIpc) is 2.48. The maximum atomic E-state index is 12.0. The molecule has 0 aliphatic carbocycles. The van der Waals surface area contributed by atoms with Crippen LogP contribution in [0.25, 0.3) is 0 Å². The molecule has 0 aromatic heterocycles. The number of benzene rings is 2. The molecule has 2 aromatic rings. The van der Waals surface area contributed by atoms with Gasteiger partial charge >= 0.3 is 0 Å². The summed E-state index contributed by atoms with van der Waals surface area (Å²) >= 11 is 1.47. The third-order valence-corrected chi connectivity index (χ3v) is 3.64. The molecule has 2 rings (SSSR count). The van der Waals surface area contributed by atoms with Gasteiger partial charge in [-0.2, -0.15) is 0 Å². The van der Waals surface area contributed by atoms with Crippen LogP contribution < -0.4 is 10.6 Å². The molecule has 0 spiro atoms. The fraction of sp³-hybridized carbons (Fsp3) is 0.125. The quantitative estimate of drug-likeness (QED) is 0.832. The normalized spacial score (nSPS) is 9.95. The van der Waals surface area contributed by atoms with Crippen molar-refractivity contribution in [2.24, 2.45) is 0 Å². The lowest BCUT2D eigenvalue weighted by atomic mass is 10.2. The van der Waals surface area contributed by atoms with Crippen LogP contribution in [0.4, 0.5) is 11.4 Å². The van der Waals surface area contributed by atoms with Crippen LogP contribution >= 0.6 is 11.8 Å². The Morgan fingerprint density at radius 2 is 1.48 bits per heavy atom. The van der Waals surface area contributed by atoms with Crippen molar-refractivity contribution in [3.63, 3.8) is 0 Å². The first-order chi connectivity index (χ1) is 10.1. The second kappa shape index (κ2) is 7.50. The molecule has 2 N–H and O–H groups in total. The molecule has 4 nitrogen and oxygen atoms in total. The highest BCUT2D eigenvalue weighted by Crippen LogP contribution is 2.22. The van der Waals surface area contributed by atoms with Gasteiger partial charge < -0.3 is 10.6 Å². The van der Waals surface area contributed by atoms with E-state index in [-0.39, 0.29) is 11.8 Å². The van der Waals surface area contributed by atoms with Crippen molar-refractivity contribution in [3.05, 3.63) is 54.6 Å². The molecule has 0 saturated carbocycles. The Morgan fingerprint density at radius 3 is 2.10 bits per heavy atom. The SMILES string of the molecule is CC(=O)Nc1ccccc1NC(=O)CSc1ccccc1. The number of amides is 2.